The van der Waals surface area contributed by atoms with Crippen LogP contribution >= 0.6 is 11.6 Å². The van der Waals surface area contributed by atoms with Crippen LogP contribution in [0.25, 0.3) is 11.3 Å². The van der Waals surface area contributed by atoms with E-state index in [4.69, 9.17) is 21.7 Å². The lowest BCUT2D eigenvalue weighted by molar-refractivity contribution is 0.0523. The number of amides is 1. The zero-order chi connectivity index (χ0) is 21.4. The van der Waals surface area contributed by atoms with Crippen molar-refractivity contribution in [3.63, 3.8) is 0 Å². The second-order valence-electron chi connectivity index (χ2n) is 7.08. The average molecular weight is 417 g/mol. The van der Waals surface area contributed by atoms with Gasteiger partial charge < -0.3 is 26.1 Å². The Morgan fingerprint density at radius 3 is 2.69 bits per heavy atom. The molecule has 0 spiro atoms. The highest BCUT2D eigenvalue weighted by molar-refractivity contribution is 6.31. The van der Waals surface area contributed by atoms with Crippen LogP contribution in [0.5, 0.6) is 0 Å². The maximum absolute atomic E-state index is 11.8. The van der Waals surface area contributed by atoms with Crippen LogP contribution in [0.2, 0.25) is 5.02 Å². The number of ether oxygens (including phenoxy) is 1. The zero-order valence-corrected chi connectivity index (χ0v) is 17.6. The lowest BCUT2D eigenvalue weighted by Crippen LogP contribution is -2.32. The van der Waals surface area contributed by atoms with Gasteiger partial charge in [0.15, 0.2) is 0 Å². The first kappa shape index (κ1) is 22.2. The fraction of sp³-hybridized carbons (Fsp3) is 0.300. The molecule has 1 heterocycles. The Bertz CT molecular complexity index is 908. The molecule has 8 nitrogen and oxygen atoms in total. The van der Waals surface area contributed by atoms with Crippen molar-refractivity contribution in [2.24, 2.45) is 0 Å². The molecule has 4 N–H and O–H groups in total. The standard InChI is InChI=1S/C20H25ClN6O2/c1-20(2,3)29-19(28)25-11-14-6-5-13(9-16(14)21)17-7-8-24-18(27-17)26-15(10-22)12-23-4/h5-10,12,22-23H,11H2,1-4H3,(H,25,28)(H,24,26,27)/b15-12+,22-10?. The molecule has 0 atom stereocenters. The molecule has 0 fully saturated rings. The van der Waals surface area contributed by atoms with Crippen molar-refractivity contribution in [1.29, 1.82) is 5.41 Å². The van der Waals surface area contributed by atoms with Gasteiger partial charge in [0.1, 0.15) is 5.60 Å². The summed E-state index contributed by atoms with van der Waals surface area (Å²) in [6, 6.07) is 7.24. The minimum atomic E-state index is -0.559. The lowest BCUT2D eigenvalue weighted by Gasteiger charge is -2.19. The molecule has 0 aliphatic heterocycles. The number of nitrogens with zero attached hydrogens (tertiary/aromatic N) is 2. The maximum Gasteiger partial charge on any atom is 0.407 e. The van der Waals surface area contributed by atoms with E-state index < -0.39 is 11.7 Å². The molecule has 9 heteroatoms. The van der Waals surface area contributed by atoms with Gasteiger partial charge in [0.05, 0.1) is 11.4 Å². The molecule has 0 aliphatic rings. The maximum atomic E-state index is 11.8. The zero-order valence-electron chi connectivity index (χ0n) is 16.8. The molecular formula is C20H25ClN6O2. The van der Waals surface area contributed by atoms with Crippen LogP contribution < -0.4 is 16.0 Å². The lowest BCUT2D eigenvalue weighted by atomic mass is 10.1. The second kappa shape index (κ2) is 9.88. The Kier molecular flexibility index (Phi) is 7.55. The van der Waals surface area contributed by atoms with E-state index in [-0.39, 0.29) is 6.54 Å². The minimum absolute atomic E-state index is 0.252. The van der Waals surface area contributed by atoms with Crippen LogP contribution in [-0.4, -0.2) is 34.9 Å². The number of hydrogen-bond donors (Lipinski definition) is 4. The summed E-state index contributed by atoms with van der Waals surface area (Å²) < 4.78 is 5.22. The minimum Gasteiger partial charge on any atom is -0.444 e. The van der Waals surface area contributed by atoms with Gasteiger partial charge in [-0.1, -0.05) is 23.7 Å². The van der Waals surface area contributed by atoms with Crippen molar-refractivity contribution in [2.75, 3.05) is 12.4 Å². The molecule has 154 valence electrons. The molecule has 0 bridgehead atoms. The number of anilines is 1. The smallest absolute Gasteiger partial charge is 0.407 e. The number of rotatable bonds is 7. The molecule has 0 radical (unpaired) electrons. The summed E-state index contributed by atoms with van der Waals surface area (Å²) in [6.07, 6.45) is 3.92. The van der Waals surface area contributed by atoms with Gasteiger partial charge >= 0.3 is 6.09 Å². The van der Waals surface area contributed by atoms with Crippen molar-refractivity contribution in [2.45, 2.75) is 32.9 Å². The van der Waals surface area contributed by atoms with E-state index in [0.29, 0.717) is 22.4 Å². The molecule has 1 aromatic carbocycles. The quantitative estimate of drug-likeness (QED) is 0.508. The number of allylic oxidation sites excluding steroid dienone is 1. The highest BCUT2D eigenvalue weighted by Gasteiger charge is 2.16. The number of carbonyl (C=O) groups excluding carboxylic acids is 1. The SMILES string of the molecule is CN/C=C(\C=N)Nc1nccc(-c2ccc(CNC(=O)OC(C)(C)C)c(Cl)c2)n1. The molecule has 0 aliphatic carbocycles. The van der Waals surface area contributed by atoms with Crippen LogP contribution in [0.4, 0.5) is 10.7 Å². The Morgan fingerprint density at radius 2 is 2.07 bits per heavy atom. The van der Waals surface area contributed by atoms with Gasteiger partial charge in [-0.05, 0) is 38.5 Å². The van der Waals surface area contributed by atoms with Crippen LogP contribution in [0.15, 0.2) is 42.4 Å². The molecule has 0 saturated heterocycles. The van der Waals surface area contributed by atoms with Crippen LogP contribution in [0, 0.1) is 5.41 Å². The number of benzene rings is 1. The number of carbonyl (C=O) groups is 1. The first-order valence-electron chi connectivity index (χ1n) is 8.95. The summed E-state index contributed by atoms with van der Waals surface area (Å²) in [5.74, 6) is 0.360. The largest absolute Gasteiger partial charge is 0.444 e. The van der Waals surface area contributed by atoms with Crippen molar-refractivity contribution >= 4 is 29.9 Å². The number of nitrogens with one attached hydrogen (secondary N) is 4. The molecule has 2 rings (SSSR count). The molecule has 0 unspecified atom stereocenters. The van der Waals surface area contributed by atoms with E-state index in [0.717, 1.165) is 17.3 Å². The Balaban J connectivity index is 2.12. The van der Waals surface area contributed by atoms with Crippen LogP contribution in [-0.2, 0) is 11.3 Å². The predicted octanol–water partition coefficient (Wildman–Crippen LogP) is 3.94. The van der Waals surface area contributed by atoms with E-state index in [1.165, 1.54) is 0 Å². The van der Waals surface area contributed by atoms with Gasteiger partial charge in [-0.15, -0.1) is 0 Å². The fourth-order valence-electron chi connectivity index (χ4n) is 2.31. The summed E-state index contributed by atoms with van der Waals surface area (Å²) in [5.41, 5.74) is 2.19. The van der Waals surface area contributed by atoms with E-state index in [9.17, 15) is 4.79 Å². The third-order valence-electron chi connectivity index (χ3n) is 3.54. The van der Waals surface area contributed by atoms with Gasteiger partial charge in [-0.2, -0.15) is 0 Å². The van der Waals surface area contributed by atoms with Crippen molar-refractivity contribution in [3.05, 3.63) is 52.9 Å². The van der Waals surface area contributed by atoms with E-state index in [2.05, 4.69) is 25.9 Å². The van der Waals surface area contributed by atoms with Gasteiger partial charge in [-0.3, -0.25) is 0 Å². The molecule has 2 aromatic rings. The van der Waals surface area contributed by atoms with Crippen molar-refractivity contribution in [3.8, 4) is 11.3 Å². The van der Waals surface area contributed by atoms with Crippen LogP contribution in [0.3, 0.4) is 0 Å². The molecular weight excluding hydrogens is 392 g/mol. The summed E-state index contributed by atoms with van der Waals surface area (Å²) in [4.78, 5) is 20.4. The number of alkyl carbamates (subject to hydrolysis) is 1. The third-order valence-corrected chi connectivity index (χ3v) is 3.89. The molecule has 29 heavy (non-hydrogen) atoms. The first-order chi connectivity index (χ1) is 13.7. The highest BCUT2D eigenvalue weighted by atomic mass is 35.5. The van der Waals surface area contributed by atoms with E-state index in [1.807, 2.05) is 12.1 Å². The first-order valence-corrected chi connectivity index (χ1v) is 9.33. The van der Waals surface area contributed by atoms with E-state index >= 15 is 0 Å². The van der Waals surface area contributed by atoms with Gasteiger partial charge in [0.2, 0.25) is 5.95 Å². The fourth-order valence-corrected chi connectivity index (χ4v) is 2.56. The van der Waals surface area contributed by atoms with Gasteiger partial charge in [0, 0.05) is 42.8 Å². The van der Waals surface area contributed by atoms with Gasteiger partial charge in [-0.25, -0.2) is 14.8 Å². The van der Waals surface area contributed by atoms with E-state index in [1.54, 1.807) is 52.3 Å². The summed E-state index contributed by atoms with van der Waals surface area (Å²) in [5, 5.41) is 16.4. The summed E-state index contributed by atoms with van der Waals surface area (Å²) in [6.45, 7) is 5.67. The topological polar surface area (TPSA) is 112 Å². The van der Waals surface area contributed by atoms with Crippen molar-refractivity contribution < 1.29 is 9.53 Å². The Hall–Kier alpha value is -3.13. The normalized spacial score (nSPS) is 11.6. The number of aromatic nitrogens is 2. The molecule has 1 amide bonds. The van der Waals surface area contributed by atoms with Gasteiger partial charge in [0.25, 0.3) is 0 Å². The highest BCUT2D eigenvalue weighted by Crippen LogP contribution is 2.25. The third kappa shape index (κ3) is 7.08. The monoisotopic (exact) mass is 416 g/mol. The Morgan fingerprint density at radius 1 is 1.31 bits per heavy atom. The average Bonchev–Trinajstić information content (AvgIpc) is 2.65. The number of halogens is 1. The van der Waals surface area contributed by atoms with Crippen LogP contribution in [0.1, 0.15) is 26.3 Å². The second-order valence-corrected chi connectivity index (χ2v) is 7.49. The molecule has 0 saturated carbocycles. The summed E-state index contributed by atoms with van der Waals surface area (Å²) >= 11 is 6.39. The van der Waals surface area contributed by atoms with Crippen molar-refractivity contribution in [1.82, 2.24) is 20.6 Å². The molecule has 1 aromatic heterocycles. The Labute approximate surface area is 175 Å². The summed E-state index contributed by atoms with van der Waals surface area (Å²) in [7, 11) is 1.74. The number of hydrogen-bond acceptors (Lipinski definition) is 7. The predicted molar refractivity (Wildman–Crippen MR) is 115 cm³/mol.